The summed E-state index contributed by atoms with van der Waals surface area (Å²) in [4.78, 5) is 37.0. The van der Waals surface area contributed by atoms with E-state index in [0.29, 0.717) is 0 Å². The Kier molecular flexibility index (Phi) is 14.1. The van der Waals surface area contributed by atoms with Gasteiger partial charge in [-0.05, 0) is 36.1 Å². The molecule has 0 bridgehead atoms. The number of ether oxygens (including phenoxy) is 4. The first-order chi connectivity index (χ1) is 23.7. The highest BCUT2D eigenvalue weighted by Gasteiger charge is 2.50. The van der Waals surface area contributed by atoms with Crippen LogP contribution >= 0.6 is 11.8 Å². The number of nitrogens with one attached hydrogen (secondary N) is 2. The molecule has 2 aromatic carbocycles. The van der Waals surface area contributed by atoms with E-state index in [1.165, 1.54) is 0 Å². The number of aliphatic hydroxyl groups excluding tert-OH is 8. The molecule has 0 saturated carbocycles. The highest BCUT2D eigenvalue weighted by atomic mass is 32.2. The molecule has 278 valence electrons. The molecule has 2 aliphatic rings. The molecule has 18 heteroatoms. The molecule has 2 aliphatic heterocycles. The summed E-state index contributed by atoms with van der Waals surface area (Å²) in [6.45, 7) is 0.567. The van der Waals surface area contributed by atoms with Crippen LogP contribution in [0.5, 0.6) is 0 Å². The largest absolute Gasteiger partial charge is 0.394 e. The highest BCUT2D eigenvalue weighted by molar-refractivity contribution is 7.99. The van der Waals surface area contributed by atoms with Crippen molar-refractivity contribution in [2.24, 2.45) is 0 Å². The number of aliphatic hydroxyl groups is 8. The molecule has 2 unspecified atom stereocenters. The zero-order valence-electron chi connectivity index (χ0n) is 27.4. The average Bonchev–Trinajstić information content (AvgIpc) is 3.10. The summed E-state index contributed by atoms with van der Waals surface area (Å²) in [5.74, 6) is -2.02. The summed E-state index contributed by atoms with van der Waals surface area (Å²) in [6.07, 6.45) is -17.9. The zero-order valence-corrected chi connectivity index (χ0v) is 28.2. The van der Waals surface area contributed by atoms with Crippen LogP contribution in [0.2, 0.25) is 0 Å². The molecule has 2 amide bonds. The van der Waals surface area contributed by atoms with E-state index in [9.17, 15) is 55.2 Å². The topological polar surface area (TPSA) is 274 Å². The maximum atomic E-state index is 13.2. The molecule has 2 heterocycles. The minimum Gasteiger partial charge on any atom is -0.394 e. The predicted molar refractivity (Wildman–Crippen MR) is 174 cm³/mol. The minimum atomic E-state index is -2.01. The number of carbonyl (C=O) groups is 3. The van der Waals surface area contributed by atoms with E-state index in [0.717, 1.165) is 36.4 Å². The molecular formula is C32H44N2O15S. The molecule has 50 heavy (non-hydrogen) atoms. The fraction of sp³-hybridized carbons (Fsp3) is 0.594. The Labute approximate surface area is 291 Å². The van der Waals surface area contributed by atoms with E-state index in [2.05, 4.69) is 10.6 Å². The van der Waals surface area contributed by atoms with Crippen LogP contribution in [0.4, 0.5) is 0 Å². The lowest BCUT2D eigenvalue weighted by molar-refractivity contribution is -0.369. The molecular weight excluding hydrogens is 684 g/mol. The Morgan fingerprint density at radius 3 is 2.16 bits per heavy atom. The molecule has 14 atom stereocenters. The zero-order chi connectivity index (χ0) is 36.9. The molecule has 10 N–H and O–H groups in total. The van der Waals surface area contributed by atoms with Gasteiger partial charge in [-0.1, -0.05) is 30.3 Å². The van der Waals surface area contributed by atoms with Gasteiger partial charge >= 0.3 is 0 Å². The van der Waals surface area contributed by atoms with Gasteiger partial charge < -0.3 is 70.4 Å². The number of thioether (sulfide) groups is 1. The summed E-state index contributed by atoms with van der Waals surface area (Å²) in [5, 5.41) is 91.4. The lowest BCUT2D eigenvalue weighted by atomic mass is 9.96. The van der Waals surface area contributed by atoms with Gasteiger partial charge in [0.15, 0.2) is 18.4 Å². The molecule has 17 nitrogen and oxygen atoms in total. The number of Topliss-reactive ketones (excluding diaryl/α,β-unsaturated/α-hetero) is 1. The Bertz CT molecular complexity index is 1470. The van der Waals surface area contributed by atoms with Crippen molar-refractivity contribution in [1.82, 2.24) is 10.6 Å². The highest BCUT2D eigenvalue weighted by Crippen LogP contribution is 2.30. The van der Waals surface area contributed by atoms with Gasteiger partial charge in [0, 0.05) is 12.5 Å². The first kappa shape index (κ1) is 40.0. The number of carbonyl (C=O) groups excluding carboxylic acids is 3. The van der Waals surface area contributed by atoms with E-state index in [1.54, 1.807) is 24.5 Å². The quantitative estimate of drug-likeness (QED) is 0.0914. The summed E-state index contributed by atoms with van der Waals surface area (Å²) < 4.78 is 22.5. The molecule has 0 aliphatic carbocycles. The molecule has 0 spiro atoms. The normalized spacial score (nSPS) is 32.5. The summed E-state index contributed by atoms with van der Waals surface area (Å²) in [6, 6.07) is 9.58. The smallest absolute Gasteiger partial charge is 0.251 e. The van der Waals surface area contributed by atoms with Crippen molar-refractivity contribution in [3.8, 4) is 0 Å². The molecule has 0 aromatic heterocycles. The Hall–Kier alpha value is -2.82. The third kappa shape index (κ3) is 9.15. The van der Waals surface area contributed by atoms with Gasteiger partial charge in [0.05, 0.1) is 19.3 Å². The molecule has 4 rings (SSSR count). The summed E-state index contributed by atoms with van der Waals surface area (Å²) in [5.41, 5.74) is -0.670. The van der Waals surface area contributed by atoms with Gasteiger partial charge in [-0.15, -0.1) is 11.8 Å². The van der Waals surface area contributed by atoms with Gasteiger partial charge in [0.1, 0.15) is 66.4 Å². The van der Waals surface area contributed by atoms with Crippen LogP contribution in [0.15, 0.2) is 42.5 Å². The second-order valence-electron chi connectivity index (χ2n) is 12.1. The Balaban J connectivity index is 1.47. The van der Waals surface area contributed by atoms with Crippen LogP contribution in [-0.2, 0) is 28.5 Å². The van der Waals surface area contributed by atoms with Crippen molar-refractivity contribution in [2.45, 2.75) is 98.9 Å². The number of ketones is 1. The van der Waals surface area contributed by atoms with Gasteiger partial charge in [-0.2, -0.15) is 0 Å². The standard InChI is InChI=1S/C32H44N2O15S/c1-13(36)20(33-14(2)37)23(40)28(18(38)11-35)48-31-27(44)25(42)26(43)30(49-31)46-12-19-22(39)21(24(41)32(47-19)50-3)34-29(45)17-9-8-15-6-4-5-7-16(15)10-17/h4-10,18-28,30-32,35,38-44H,11-12H2,1-3H3,(H,33,37)(H,34,45)/t18-,19+,20+,21-,22+,23-,24+,25+,26-,27-,28?,30?,31-,32-/m1/s1. The van der Waals surface area contributed by atoms with Gasteiger partial charge in [0.2, 0.25) is 5.91 Å². The lowest BCUT2D eigenvalue weighted by Gasteiger charge is -2.44. The first-order valence-electron chi connectivity index (χ1n) is 15.7. The molecule has 2 fully saturated rings. The van der Waals surface area contributed by atoms with Crippen molar-refractivity contribution in [3.05, 3.63) is 48.0 Å². The third-order valence-corrected chi connectivity index (χ3v) is 9.38. The lowest BCUT2D eigenvalue weighted by Crippen LogP contribution is -2.65. The van der Waals surface area contributed by atoms with Gasteiger partial charge in [-0.25, -0.2) is 0 Å². The molecule has 0 radical (unpaired) electrons. The number of hydrogen-bond acceptors (Lipinski definition) is 16. The van der Waals surface area contributed by atoms with Crippen LogP contribution in [0.25, 0.3) is 10.8 Å². The van der Waals surface area contributed by atoms with Crippen molar-refractivity contribution in [3.63, 3.8) is 0 Å². The van der Waals surface area contributed by atoms with E-state index in [1.807, 2.05) is 24.3 Å². The number of benzene rings is 2. The second kappa shape index (κ2) is 17.6. The van der Waals surface area contributed by atoms with E-state index < -0.39 is 116 Å². The maximum absolute atomic E-state index is 13.2. The van der Waals surface area contributed by atoms with Gasteiger partial charge in [0.25, 0.3) is 5.91 Å². The van der Waals surface area contributed by atoms with Crippen LogP contribution in [0.3, 0.4) is 0 Å². The van der Waals surface area contributed by atoms with Crippen molar-refractivity contribution in [1.29, 1.82) is 0 Å². The Morgan fingerprint density at radius 1 is 0.880 bits per heavy atom. The summed E-state index contributed by atoms with van der Waals surface area (Å²) >= 11 is 1.09. The average molecular weight is 729 g/mol. The molecule has 2 aromatic rings. The maximum Gasteiger partial charge on any atom is 0.251 e. The van der Waals surface area contributed by atoms with E-state index in [4.69, 9.17) is 18.9 Å². The van der Waals surface area contributed by atoms with Crippen LogP contribution in [0.1, 0.15) is 24.2 Å². The van der Waals surface area contributed by atoms with Crippen molar-refractivity contribution in [2.75, 3.05) is 19.5 Å². The van der Waals surface area contributed by atoms with Crippen LogP contribution in [0, 0.1) is 0 Å². The number of fused-ring (bicyclic) bond motifs is 1. The second-order valence-corrected chi connectivity index (χ2v) is 13.1. The van der Waals surface area contributed by atoms with Crippen LogP contribution < -0.4 is 10.6 Å². The molecule has 2 saturated heterocycles. The predicted octanol–water partition coefficient (Wildman–Crippen LogP) is -3.28. The fourth-order valence-corrected chi connectivity index (χ4v) is 6.46. The van der Waals surface area contributed by atoms with Crippen molar-refractivity contribution >= 4 is 40.1 Å². The first-order valence-corrected chi connectivity index (χ1v) is 17.0. The minimum absolute atomic E-state index is 0.279. The van der Waals surface area contributed by atoms with Gasteiger partial charge in [-0.3, -0.25) is 14.4 Å². The monoisotopic (exact) mass is 728 g/mol. The number of rotatable bonds is 14. The SMILES string of the molecule is CS[C@H]1O[C@@H](COC2O[C@@H](OC([C@H](O)CO)[C@H](O)[C@@H](NC(C)=O)C(C)=O)[C@H](O)[C@@H](O)[C@H]2O)[C@H](O)[C@@H](NC(=O)c2ccc3ccccc3c2)[C@@H]1O. The number of hydrogen-bond donors (Lipinski definition) is 10. The fourth-order valence-electron chi connectivity index (χ4n) is 5.76. The summed E-state index contributed by atoms with van der Waals surface area (Å²) in [7, 11) is 0. The Morgan fingerprint density at radius 2 is 1.54 bits per heavy atom. The number of amides is 2. The van der Waals surface area contributed by atoms with E-state index in [-0.39, 0.29) is 5.56 Å². The third-order valence-electron chi connectivity index (χ3n) is 8.53. The van der Waals surface area contributed by atoms with Crippen molar-refractivity contribution < 1.29 is 74.2 Å². The van der Waals surface area contributed by atoms with E-state index >= 15 is 0 Å². The van der Waals surface area contributed by atoms with Crippen LogP contribution in [-0.4, -0.2) is 163 Å².